The van der Waals surface area contributed by atoms with E-state index in [9.17, 15) is 19.5 Å². The molecule has 1 aromatic heterocycles. The summed E-state index contributed by atoms with van der Waals surface area (Å²) in [6, 6.07) is 5.77. The zero-order valence-electron chi connectivity index (χ0n) is 19.8. The van der Waals surface area contributed by atoms with Crippen LogP contribution < -0.4 is 5.32 Å². The van der Waals surface area contributed by atoms with Crippen molar-refractivity contribution >= 4 is 34.7 Å². The molecule has 1 aliphatic heterocycles. The quantitative estimate of drug-likeness (QED) is 0.679. The van der Waals surface area contributed by atoms with Gasteiger partial charge in [0.05, 0.1) is 11.2 Å². The third-order valence-corrected chi connectivity index (χ3v) is 6.73. The molecule has 0 spiro atoms. The first-order valence-corrected chi connectivity index (χ1v) is 11.6. The Kier molecular flexibility index (Phi) is 6.12. The third kappa shape index (κ3) is 5.15. The fraction of sp³-hybridized carbons (Fsp3) is 0.560. The highest BCUT2D eigenvalue weighted by atomic mass is 16.6. The summed E-state index contributed by atoms with van der Waals surface area (Å²) in [5, 5.41) is 12.9. The first-order valence-electron chi connectivity index (χ1n) is 11.6. The summed E-state index contributed by atoms with van der Waals surface area (Å²) in [5.74, 6) is 1.47. The number of benzene rings is 1. The number of fused-ring (bicyclic) bond motifs is 2. The van der Waals surface area contributed by atoms with Gasteiger partial charge in [-0.1, -0.05) is 6.07 Å². The molecule has 8 nitrogen and oxygen atoms in total. The number of ether oxygens (including phenoxy) is 1. The fourth-order valence-electron chi connectivity index (χ4n) is 5.39. The van der Waals surface area contributed by atoms with Crippen LogP contribution in [0.5, 0.6) is 0 Å². The van der Waals surface area contributed by atoms with Crippen LogP contribution in [0.25, 0.3) is 10.9 Å². The summed E-state index contributed by atoms with van der Waals surface area (Å²) < 4.78 is 6.66. The van der Waals surface area contributed by atoms with Gasteiger partial charge in [-0.25, -0.2) is 9.59 Å². The lowest BCUT2D eigenvalue weighted by Gasteiger charge is -2.25. The third-order valence-electron chi connectivity index (χ3n) is 6.73. The highest BCUT2D eigenvalue weighted by molar-refractivity contribution is 6.04. The monoisotopic (exact) mass is 455 g/mol. The molecule has 1 saturated heterocycles. The van der Waals surface area contributed by atoms with E-state index in [1.165, 1.54) is 13.1 Å². The molecule has 2 heterocycles. The molecule has 0 radical (unpaired) electrons. The van der Waals surface area contributed by atoms with Gasteiger partial charge < -0.3 is 20.1 Å². The number of hydrogen-bond donors (Lipinski definition) is 2. The lowest BCUT2D eigenvalue weighted by molar-refractivity contribution is -0.114. The first kappa shape index (κ1) is 23.1. The maximum absolute atomic E-state index is 12.4. The van der Waals surface area contributed by atoms with Crippen LogP contribution in [-0.4, -0.2) is 51.4 Å². The lowest BCUT2D eigenvalue weighted by Crippen LogP contribution is -2.36. The molecule has 178 valence electrons. The Labute approximate surface area is 193 Å². The number of rotatable bonds is 4. The van der Waals surface area contributed by atoms with E-state index < -0.39 is 11.7 Å². The second kappa shape index (κ2) is 8.72. The lowest BCUT2D eigenvalue weighted by atomic mass is 9.96. The molecule has 2 N–H and O–H groups in total. The first-order chi connectivity index (χ1) is 15.5. The fourth-order valence-corrected chi connectivity index (χ4v) is 5.39. The number of anilines is 1. The molecule has 1 aliphatic carbocycles. The van der Waals surface area contributed by atoms with E-state index in [-0.39, 0.29) is 12.0 Å². The number of hydrogen-bond acceptors (Lipinski definition) is 4. The van der Waals surface area contributed by atoms with Crippen molar-refractivity contribution in [3.8, 4) is 0 Å². The van der Waals surface area contributed by atoms with Crippen molar-refractivity contribution in [2.24, 2.45) is 17.8 Å². The number of aryl methyl sites for hydroxylation is 1. The minimum absolute atomic E-state index is 0.204. The van der Waals surface area contributed by atoms with Gasteiger partial charge in [0.1, 0.15) is 5.60 Å². The average Bonchev–Trinajstić information content (AvgIpc) is 3.36. The summed E-state index contributed by atoms with van der Waals surface area (Å²) in [4.78, 5) is 37.3. The number of likely N-dealkylation sites (tertiary alicyclic amines) is 1. The van der Waals surface area contributed by atoms with Crippen LogP contribution in [0.15, 0.2) is 24.4 Å². The Bertz CT molecular complexity index is 1070. The highest BCUT2D eigenvalue weighted by Crippen LogP contribution is 2.43. The average molecular weight is 456 g/mol. The molecule has 2 aromatic rings. The van der Waals surface area contributed by atoms with Gasteiger partial charge in [0.25, 0.3) is 0 Å². The number of nitrogens with one attached hydrogen (secondary N) is 1. The molecule has 4 rings (SSSR count). The van der Waals surface area contributed by atoms with Crippen molar-refractivity contribution in [1.82, 2.24) is 9.47 Å². The van der Waals surface area contributed by atoms with Crippen LogP contribution in [-0.2, 0) is 16.0 Å². The Morgan fingerprint density at radius 3 is 2.39 bits per heavy atom. The topological polar surface area (TPSA) is 101 Å². The van der Waals surface area contributed by atoms with Gasteiger partial charge in [-0.05, 0) is 81.9 Å². The van der Waals surface area contributed by atoms with Crippen molar-refractivity contribution in [3.63, 3.8) is 0 Å². The van der Waals surface area contributed by atoms with Crippen molar-refractivity contribution in [2.75, 3.05) is 18.4 Å². The zero-order valence-corrected chi connectivity index (χ0v) is 19.8. The second-order valence-corrected chi connectivity index (χ2v) is 10.5. The standard InChI is InChI=1S/C25H33N3O5/c1-15(29)26-21-14-28(23(30)31)22-8-7-16(11-20(21)22)5-6-17-9-18-12-27(13-19(18)10-17)24(32)33-25(2,3)4/h7-8,11,14,17-19H,5-6,9-10,12-13H2,1-4H3,(H,26,29)(H,30,31)/t17?,18-,19+. The van der Waals surface area contributed by atoms with Crippen LogP contribution >= 0.6 is 0 Å². The largest absolute Gasteiger partial charge is 0.464 e. The van der Waals surface area contributed by atoms with Crippen molar-refractivity contribution < 1.29 is 24.2 Å². The zero-order chi connectivity index (χ0) is 23.9. The van der Waals surface area contributed by atoms with Gasteiger partial charge in [-0.2, -0.15) is 0 Å². The van der Waals surface area contributed by atoms with E-state index >= 15 is 0 Å². The van der Waals surface area contributed by atoms with Gasteiger partial charge in [0, 0.05) is 31.6 Å². The van der Waals surface area contributed by atoms with Crippen molar-refractivity contribution in [2.45, 2.75) is 59.0 Å². The molecule has 33 heavy (non-hydrogen) atoms. The summed E-state index contributed by atoms with van der Waals surface area (Å²) in [6.45, 7) is 8.66. The van der Waals surface area contributed by atoms with Crippen molar-refractivity contribution in [1.29, 1.82) is 0 Å². The minimum Gasteiger partial charge on any atom is -0.464 e. The second-order valence-electron chi connectivity index (χ2n) is 10.5. The van der Waals surface area contributed by atoms with Gasteiger partial charge in [-0.3, -0.25) is 9.36 Å². The number of amides is 2. The van der Waals surface area contributed by atoms with Crippen LogP contribution in [0.1, 0.15) is 52.5 Å². The SMILES string of the molecule is CC(=O)Nc1cn(C(=O)O)c2ccc(CCC3C[C@@H]4CN(C(=O)OC(C)(C)C)C[C@@H]4C3)cc12. The Morgan fingerprint density at radius 2 is 1.82 bits per heavy atom. The van der Waals surface area contributed by atoms with E-state index in [0.717, 1.165) is 54.3 Å². The van der Waals surface area contributed by atoms with Crippen LogP contribution in [0.2, 0.25) is 0 Å². The Hall–Kier alpha value is -3.03. The molecule has 0 bridgehead atoms. The normalized spacial score (nSPS) is 22.4. The molecule has 2 aliphatic rings. The molecule has 8 heteroatoms. The summed E-state index contributed by atoms with van der Waals surface area (Å²) in [6.07, 6.45) is 4.37. The van der Waals surface area contributed by atoms with Crippen LogP contribution in [0.4, 0.5) is 15.3 Å². The predicted octanol–water partition coefficient (Wildman–Crippen LogP) is 4.95. The number of carboxylic acid groups (broad SMARTS) is 1. The number of carbonyl (C=O) groups excluding carboxylic acids is 2. The molecular weight excluding hydrogens is 422 g/mol. The maximum atomic E-state index is 12.4. The Morgan fingerprint density at radius 1 is 1.15 bits per heavy atom. The number of nitrogens with zero attached hydrogens (tertiary/aromatic N) is 2. The van der Waals surface area contributed by atoms with Gasteiger partial charge in [-0.15, -0.1) is 0 Å². The summed E-state index contributed by atoms with van der Waals surface area (Å²) >= 11 is 0. The highest BCUT2D eigenvalue weighted by Gasteiger charge is 2.43. The van der Waals surface area contributed by atoms with E-state index in [4.69, 9.17) is 4.74 Å². The molecule has 2 amide bonds. The van der Waals surface area contributed by atoms with E-state index in [1.54, 1.807) is 0 Å². The maximum Gasteiger partial charge on any atom is 0.416 e. The Balaban J connectivity index is 1.37. The van der Waals surface area contributed by atoms with E-state index in [1.807, 2.05) is 43.9 Å². The molecule has 3 atom stereocenters. The summed E-state index contributed by atoms with van der Waals surface area (Å²) in [7, 11) is 0. The molecule has 2 fully saturated rings. The molecule has 1 unspecified atom stereocenters. The molecule has 1 saturated carbocycles. The van der Waals surface area contributed by atoms with Gasteiger partial charge in [0.2, 0.25) is 5.91 Å². The van der Waals surface area contributed by atoms with Crippen LogP contribution in [0, 0.1) is 17.8 Å². The molecule has 1 aromatic carbocycles. The minimum atomic E-state index is -1.08. The molecular formula is C25H33N3O5. The predicted molar refractivity (Wildman–Crippen MR) is 125 cm³/mol. The van der Waals surface area contributed by atoms with E-state index in [2.05, 4.69) is 5.32 Å². The van der Waals surface area contributed by atoms with E-state index in [0.29, 0.717) is 29.0 Å². The summed E-state index contributed by atoms with van der Waals surface area (Å²) in [5.41, 5.74) is 1.74. The van der Waals surface area contributed by atoms with Crippen molar-refractivity contribution in [3.05, 3.63) is 30.0 Å². The smallest absolute Gasteiger partial charge is 0.416 e. The van der Waals surface area contributed by atoms with Gasteiger partial charge >= 0.3 is 12.2 Å². The van der Waals surface area contributed by atoms with Crippen LogP contribution in [0.3, 0.4) is 0 Å². The number of carbonyl (C=O) groups is 3. The number of aromatic nitrogens is 1. The van der Waals surface area contributed by atoms with Gasteiger partial charge in [0.15, 0.2) is 0 Å².